The van der Waals surface area contributed by atoms with Crippen LogP contribution in [0.2, 0.25) is 10.0 Å². The van der Waals surface area contributed by atoms with Gasteiger partial charge in [0.05, 0.1) is 38.8 Å². The van der Waals surface area contributed by atoms with Crippen molar-refractivity contribution in [1.29, 1.82) is 0 Å². The van der Waals surface area contributed by atoms with Crippen molar-refractivity contribution in [3.05, 3.63) is 68.6 Å². The number of rotatable bonds is 4. The molecule has 0 saturated heterocycles. The molecule has 25 heavy (non-hydrogen) atoms. The monoisotopic (exact) mass is 387 g/mol. The van der Waals surface area contributed by atoms with Crippen LogP contribution < -0.4 is 0 Å². The first-order valence-corrected chi connectivity index (χ1v) is 9.13. The Morgan fingerprint density at radius 3 is 2.56 bits per heavy atom. The molecule has 2 heterocycles. The van der Waals surface area contributed by atoms with E-state index in [1.807, 2.05) is 23.6 Å². The number of fused-ring (bicyclic) bond motifs is 1. The number of nitrogens with zero attached hydrogens (tertiary/aromatic N) is 3. The van der Waals surface area contributed by atoms with Gasteiger partial charge in [0, 0.05) is 16.5 Å². The van der Waals surface area contributed by atoms with Crippen molar-refractivity contribution in [2.45, 2.75) is 6.54 Å². The van der Waals surface area contributed by atoms with Gasteiger partial charge in [0.1, 0.15) is 12.1 Å². The number of benzene rings is 2. The summed E-state index contributed by atoms with van der Waals surface area (Å²) in [6, 6.07) is 10.9. The highest BCUT2D eigenvalue weighted by atomic mass is 35.5. The Balaban J connectivity index is 1.93. The van der Waals surface area contributed by atoms with Gasteiger partial charge in [-0.2, -0.15) is 0 Å². The molecule has 4 rings (SSSR count). The van der Waals surface area contributed by atoms with Crippen molar-refractivity contribution < 1.29 is 4.79 Å². The molecule has 0 aliphatic carbocycles. The summed E-state index contributed by atoms with van der Waals surface area (Å²) < 4.78 is 2.06. The zero-order valence-corrected chi connectivity index (χ0v) is 15.1. The highest BCUT2D eigenvalue weighted by molar-refractivity contribution is 7.07. The lowest BCUT2D eigenvalue weighted by Crippen LogP contribution is -2.02. The maximum absolute atomic E-state index is 10.9. The Kier molecular flexibility index (Phi) is 4.29. The van der Waals surface area contributed by atoms with Crippen molar-refractivity contribution in [3.8, 4) is 11.4 Å². The highest BCUT2D eigenvalue weighted by Crippen LogP contribution is 2.32. The average Bonchev–Trinajstić information content (AvgIpc) is 3.25. The number of aromatic nitrogens is 3. The minimum Gasteiger partial charge on any atom is -0.318 e. The molecule has 124 valence electrons. The van der Waals surface area contributed by atoms with Crippen LogP contribution in [0.5, 0.6) is 0 Å². The molecular formula is C18H11Cl2N3OS. The van der Waals surface area contributed by atoms with Gasteiger partial charge in [-0.1, -0.05) is 47.5 Å². The van der Waals surface area contributed by atoms with Gasteiger partial charge in [-0.15, -0.1) is 11.3 Å². The zero-order valence-electron chi connectivity index (χ0n) is 12.8. The van der Waals surface area contributed by atoms with Crippen LogP contribution in [0.1, 0.15) is 16.1 Å². The standard InChI is InChI=1S/C18H11Cl2N3OS/c19-14-5-16-17(6-15(14)20)23(7-13-9-25-10-21-13)18(22-16)12-3-1-11(8-24)2-4-12/h1-6,8-10H,7H2. The third-order valence-corrected chi connectivity index (χ3v) is 5.26. The van der Waals surface area contributed by atoms with E-state index in [1.165, 1.54) is 0 Å². The molecule has 0 spiro atoms. The van der Waals surface area contributed by atoms with Crippen LogP contribution in [-0.2, 0) is 6.54 Å². The van der Waals surface area contributed by atoms with Gasteiger partial charge in [-0.25, -0.2) is 9.97 Å². The summed E-state index contributed by atoms with van der Waals surface area (Å²) in [5.74, 6) is 0.777. The molecule has 0 aliphatic rings. The molecular weight excluding hydrogens is 377 g/mol. The van der Waals surface area contributed by atoms with E-state index in [1.54, 1.807) is 35.0 Å². The minimum atomic E-state index is 0.468. The van der Waals surface area contributed by atoms with Crippen LogP contribution >= 0.6 is 34.5 Å². The van der Waals surface area contributed by atoms with Crippen LogP contribution in [0.25, 0.3) is 22.4 Å². The minimum absolute atomic E-state index is 0.468. The van der Waals surface area contributed by atoms with E-state index in [0.717, 1.165) is 34.4 Å². The molecule has 2 aromatic carbocycles. The normalized spacial score (nSPS) is 11.1. The van der Waals surface area contributed by atoms with Gasteiger partial charge in [0.2, 0.25) is 0 Å². The van der Waals surface area contributed by atoms with E-state index in [4.69, 9.17) is 28.2 Å². The number of thiazole rings is 1. The van der Waals surface area contributed by atoms with Crippen molar-refractivity contribution in [1.82, 2.24) is 14.5 Å². The smallest absolute Gasteiger partial charge is 0.150 e. The van der Waals surface area contributed by atoms with Gasteiger partial charge >= 0.3 is 0 Å². The number of imidazole rings is 1. The largest absolute Gasteiger partial charge is 0.318 e. The molecule has 0 unspecified atom stereocenters. The second-order valence-corrected chi connectivity index (χ2v) is 7.03. The average molecular weight is 388 g/mol. The molecule has 0 bridgehead atoms. The number of halogens is 2. The number of hydrogen-bond donors (Lipinski definition) is 0. The molecule has 0 N–H and O–H groups in total. The van der Waals surface area contributed by atoms with Gasteiger partial charge < -0.3 is 4.57 Å². The first-order valence-electron chi connectivity index (χ1n) is 7.43. The second kappa shape index (κ2) is 6.59. The Labute approximate surface area is 157 Å². The number of aldehydes is 1. The summed E-state index contributed by atoms with van der Waals surface area (Å²) in [4.78, 5) is 20.0. The van der Waals surface area contributed by atoms with Crippen LogP contribution in [-0.4, -0.2) is 20.8 Å². The molecule has 0 amide bonds. The van der Waals surface area contributed by atoms with Crippen LogP contribution in [0, 0.1) is 0 Å². The van der Waals surface area contributed by atoms with Crippen LogP contribution in [0.3, 0.4) is 0 Å². The summed E-state index contributed by atoms with van der Waals surface area (Å²) >= 11 is 13.9. The van der Waals surface area contributed by atoms with E-state index in [9.17, 15) is 4.79 Å². The predicted octanol–water partition coefficient (Wildman–Crippen LogP) is 5.33. The fourth-order valence-corrected chi connectivity index (χ4v) is 3.55. The fourth-order valence-electron chi connectivity index (χ4n) is 2.69. The second-order valence-electron chi connectivity index (χ2n) is 5.50. The Morgan fingerprint density at radius 2 is 1.88 bits per heavy atom. The summed E-state index contributed by atoms with van der Waals surface area (Å²) in [6.07, 6.45) is 0.821. The van der Waals surface area contributed by atoms with E-state index in [2.05, 4.69) is 9.55 Å². The topological polar surface area (TPSA) is 47.8 Å². The Hall–Kier alpha value is -2.21. The lowest BCUT2D eigenvalue weighted by atomic mass is 10.1. The van der Waals surface area contributed by atoms with E-state index in [-0.39, 0.29) is 0 Å². The lowest BCUT2D eigenvalue weighted by Gasteiger charge is -2.08. The molecule has 0 saturated carbocycles. The number of hydrogen-bond acceptors (Lipinski definition) is 4. The first kappa shape index (κ1) is 16.3. The maximum Gasteiger partial charge on any atom is 0.150 e. The van der Waals surface area contributed by atoms with Crippen molar-refractivity contribution >= 4 is 51.9 Å². The Morgan fingerprint density at radius 1 is 1.12 bits per heavy atom. The molecule has 0 atom stereocenters. The molecule has 4 aromatic rings. The molecule has 0 fully saturated rings. The molecule has 2 aromatic heterocycles. The highest BCUT2D eigenvalue weighted by Gasteiger charge is 2.15. The maximum atomic E-state index is 10.9. The predicted molar refractivity (Wildman–Crippen MR) is 102 cm³/mol. The third kappa shape index (κ3) is 3.06. The van der Waals surface area contributed by atoms with Crippen LogP contribution in [0.15, 0.2) is 47.3 Å². The zero-order chi connectivity index (χ0) is 17.4. The lowest BCUT2D eigenvalue weighted by molar-refractivity contribution is 0.112. The van der Waals surface area contributed by atoms with Gasteiger partial charge in [0.25, 0.3) is 0 Å². The van der Waals surface area contributed by atoms with Crippen molar-refractivity contribution in [2.75, 3.05) is 0 Å². The first-order chi connectivity index (χ1) is 12.2. The number of carbonyl (C=O) groups excluding carboxylic acids is 1. The van der Waals surface area contributed by atoms with Gasteiger partial charge in [-0.3, -0.25) is 4.79 Å². The quantitative estimate of drug-likeness (QED) is 0.444. The summed E-state index contributed by atoms with van der Waals surface area (Å²) in [7, 11) is 0. The van der Waals surface area contributed by atoms with Crippen molar-refractivity contribution in [2.24, 2.45) is 0 Å². The number of carbonyl (C=O) groups is 1. The SMILES string of the molecule is O=Cc1ccc(-c2nc3cc(Cl)c(Cl)cc3n2Cc2cscn2)cc1. The van der Waals surface area contributed by atoms with Crippen molar-refractivity contribution in [3.63, 3.8) is 0 Å². The van der Waals surface area contributed by atoms with E-state index >= 15 is 0 Å². The van der Waals surface area contributed by atoms with E-state index < -0.39 is 0 Å². The molecule has 4 nitrogen and oxygen atoms in total. The fraction of sp³-hybridized carbons (Fsp3) is 0.0556. The summed E-state index contributed by atoms with van der Waals surface area (Å²) in [5, 5.41) is 2.95. The molecule has 0 radical (unpaired) electrons. The Bertz CT molecular complexity index is 1060. The van der Waals surface area contributed by atoms with E-state index in [0.29, 0.717) is 22.2 Å². The van der Waals surface area contributed by atoms with Crippen LogP contribution in [0.4, 0.5) is 0 Å². The summed E-state index contributed by atoms with van der Waals surface area (Å²) in [5.41, 5.74) is 5.93. The third-order valence-electron chi connectivity index (χ3n) is 3.90. The molecule has 0 aliphatic heterocycles. The molecule has 7 heteroatoms. The van der Waals surface area contributed by atoms with Gasteiger partial charge in [0.15, 0.2) is 0 Å². The van der Waals surface area contributed by atoms with Gasteiger partial charge in [-0.05, 0) is 12.1 Å². The summed E-state index contributed by atoms with van der Waals surface area (Å²) in [6.45, 7) is 0.572.